The fraction of sp³-hybridized carbons (Fsp3) is 0.818. The monoisotopic (exact) mass is 214 g/mol. The lowest BCUT2D eigenvalue weighted by molar-refractivity contribution is -0.124. The second-order valence-electron chi connectivity index (χ2n) is 4.15. The molecule has 0 aliphatic carbocycles. The van der Waals surface area contributed by atoms with Gasteiger partial charge in [0.05, 0.1) is 0 Å². The molecule has 0 aliphatic heterocycles. The molecule has 1 amide bonds. The summed E-state index contributed by atoms with van der Waals surface area (Å²) in [4.78, 5) is 21.8. The van der Waals surface area contributed by atoms with Crippen LogP contribution in [0.3, 0.4) is 0 Å². The molecule has 0 saturated heterocycles. The van der Waals surface area contributed by atoms with Crippen molar-refractivity contribution < 1.29 is 9.59 Å². The van der Waals surface area contributed by atoms with Crippen LogP contribution in [0, 0.1) is 5.92 Å². The largest absolute Gasteiger partial charge is 0.355 e. The lowest BCUT2D eigenvalue weighted by Crippen LogP contribution is -2.33. The second-order valence-corrected chi connectivity index (χ2v) is 4.15. The zero-order valence-electron chi connectivity index (χ0n) is 9.93. The van der Waals surface area contributed by atoms with Crippen LogP contribution < -0.4 is 10.6 Å². The van der Waals surface area contributed by atoms with Gasteiger partial charge in [0, 0.05) is 25.9 Å². The van der Waals surface area contributed by atoms with Crippen molar-refractivity contribution in [1.82, 2.24) is 10.6 Å². The van der Waals surface area contributed by atoms with Crippen molar-refractivity contribution in [3.63, 3.8) is 0 Å². The summed E-state index contributed by atoms with van der Waals surface area (Å²) in [6, 6.07) is 0. The first-order valence-corrected chi connectivity index (χ1v) is 5.49. The number of amides is 1. The summed E-state index contributed by atoms with van der Waals surface area (Å²) in [5.41, 5.74) is 0. The van der Waals surface area contributed by atoms with Crippen LogP contribution in [0.25, 0.3) is 0 Å². The molecule has 0 unspecified atom stereocenters. The Morgan fingerprint density at radius 2 is 1.80 bits per heavy atom. The minimum Gasteiger partial charge on any atom is -0.355 e. The van der Waals surface area contributed by atoms with Crippen molar-refractivity contribution >= 4 is 11.7 Å². The fourth-order valence-electron chi connectivity index (χ4n) is 1.06. The van der Waals surface area contributed by atoms with Crippen LogP contribution in [-0.4, -0.2) is 31.3 Å². The first-order valence-electron chi connectivity index (χ1n) is 5.49. The Morgan fingerprint density at radius 1 is 1.13 bits per heavy atom. The highest BCUT2D eigenvalue weighted by Crippen LogP contribution is 1.89. The molecule has 2 N–H and O–H groups in total. The first kappa shape index (κ1) is 14.1. The lowest BCUT2D eigenvalue weighted by atomic mass is 10.2. The average molecular weight is 214 g/mol. The molecule has 0 saturated carbocycles. The van der Waals surface area contributed by atoms with Crippen LogP contribution in [0.2, 0.25) is 0 Å². The van der Waals surface area contributed by atoms with Gasteiger partial charge in [-0.15, -0.1) is 0 Å². The van der Waals surface area contributed by atoms with E-state index >= 15 is 0 Å². The van der Waals surface area contributed by atoms with Gasteiger partial charge in [-0.2, -0.15) is 0 Å². The highest BCUT2D eigenvalue weighted by molar-refractivity contribution is 5.83. The molecule has 0 aliphatic rings. The van der Waals surface area contributed by atoms with E-state index in [2.05, 4.69) is 24.5 Å². The third kappa shape index (κ3) is 11.0. The lowest BCUT2D eigenvalue weighted by Gasteiger charge is -2.08. The van der Waals surface area contributed by atoms with Crippen LogP contribution in [0.15, 0.2) is 0 Å². The number of ketones is 1. The van der Waals surface area contributed by atoms with Gasteiger partial charge in [0.25, 0.3) is 0 Å². The summed E-state index contributed by atoms with van der Waals surface area (Å²) < 4.78 is 0. The van der Waals surface area contributed by atoms with Gasteiger partial charge in [-0.3, -0.25) is 4.79 Å². The van der Waals surface area contributed by atoms with Crippen LogP contribution in [0.5, 0.6) is 0 Å². The van der Waals surface area contributed by atoms with E-state index in [1.165, 1.54) is 6.92 Å². The topological polar surface area (TPSA) is 58.2 Å². The summed E-state index contributed by atoms with van der Waals surface area (Å²) in [6.45, 7) is 8.14. The standard InChI is InChI=1S/C11H22N2O2/c1-9(2)8-12-6-7-13-11(15)5-4-10(3)14/h9,12H,4-8H2,1-3H3,(H,13,15). The Balaban J connectivity index is 3.28. The highest BCUT2D eigenvalue weighted by atomic mass is 16.2. The third-order valence-electron chi connectivity index (χ3n) is 1.88. The second kappa shape index (κ2) is 8.41. The van der Waals surface area contributed by atoms with Crippen LogP contribution in [0.1, 0.15) is 33.6 Å². The van der Waals surface area contributed by atoms with Crippen molar-refractivity contribution in [2.45, 2.75) is 33.6 Å². The number of nitrogens with one attached hydrogen (secondary N) is 2. The van der Waals surface area contributed by atoms with Gasteiger partial charge < -0.3 is 15.4 Å². The van der Waals surface area contributed by atoms with E-state index in [0.29, 0.717) is 25.3 Å². The van der Waals surface area contributed by atoms with E-state index in [9.17, 15) is 9.59 Å². The van der Waals surface area contributed by atoms with E-state index in [-0.39, 0.29) is 11.7 Å². The van der Waals surface area contributed by atoms with E-state index in [1.54, 1.807) is 0 Å². The maximum Gasteiger partial charge on any atom is 0.220 e. The van der Waals surface area contributed by atoms with Gasteiger partial charge >= 0.3 is 0 Å². The maximum atomic E-state index is 11.2. The quantitative estimate of drug-likeness (QED) is 0.585. The molecule has 0 fully saturated rings. The number of carbonyl (C=O) groups excluding carboxylic acids is 2. The average Bonchev–Trinajstić information content (AvgIpc) is 2.13. The molecule has 0 spiro atoms. The molecule has 0 aromatic carbocycles. The van der Waals surface area contributed by atoms with E-state index in [1.807, 2.05) is 0 Å². The zero-order chi connectivity index (χ0) is 11.7. The molecule has 4 nitrogen and oxygen atoms in total. The summed E-state index contributed by atoms with van der Waals surface area (Å²) in [5, 5.41) is 5.98. The minimum absolute atomic E-state index is 0.0449. The first-order chi connectivity index (χ1) is 7.02. The Morgan fingerprint density at radius 3 is 2.33 bits per heavy atom. The predicted molar refractivity (Wildman–Crippen MR) is 60.6 cm³/mol. The Labute approximate surface area is 91.8 Å². The molecule has 0 atom stereocenters. The normalized spacial score (nSPS) is 10.4. The van der Waals surface area contributed by atoms with Crippen molar-refractivity contribution in [1.29, 1.82) is 0 Å². The zero-order valence-corrected chi connectivity index (χ0v) is 9.93. The molecular formula is C11H22N2O2. The van der Waals surface area contributed by atoms with Crippen molar-refractivity contribution in [3.05, 3.63) is 0 Å². The molecule has 0 aromatic rings. The summed E-state index contributed by atoms with van der Waals surface area (Å²) in [5.74, 6) is 0.637. The van der Waals surface area contributed by atoms with Gasteiger partial charge in [-0.1, -0.05) is 13.8 Å². The molecule has 0 radical (unpaired) electrons. The summed E-state index contributed by atoms with van der Waals surface area (Å²) >= 11 is 0. The van der Waals surface area contributed by atoms with Crippen LogP contribution in [0.4, 0.5) is 0 Å². The summed E-state index contributed by atoms with van der Waals surface area (Å²) in [6.07, 6.45) is 0.644. The van der Waals surface area contributed by atoms with E-state index in [0.717, 1.165) is 13.1 Å². The predicted octanol–water partition coefficient (Wildman–Crippen LogP) is 0.717. The molecule has 4 heteroatoms. The molecular weight excluding hydrogens is 192 g/mol. The van der Waals surface area contributed by atoms with Gasteiger partial charge in [0.2, 0.25) is 5.91 Å². The fourth-order valence-corrected chi connectivity index (χ4v) is 1.06. The van der Waals surface area contributed by atoms with Gasteiger partial charge in [0.1, 0.15) is 5.78 Å². The number of Topliss-reactive ketones (excluding diaryl/α,β-unsaturated/α-hetero) is 1. The van der Waals surface area contributed by atoms with Crippen LogP contribution >= 0.6 is 0 Å². The van der Waals surface area contributed by atoms with E-state index < -0.39 is 0 Å². The molecule has 0 rings (SSSR count). The molecule has 0 heterocycles. The van der Waals surface area contributed by atoms with E-state index in [4.69, 9.17) is 0 Å². The molecule has 15 heavy (non-hydrogen) atoms. The molecule has 88 valence electrons. The minimum atomic E-state index is -0.0449. The third-order valence-corrected chi connectivity index (χ3v) is 1.88. The van der Waals surface area contributed by atoms with Crippen molar-refractivity contribution in [2.24, 2.45) is 5.92 Å². The van der Waals surface area contributed by atoms with Crippen molar-refractivity contribution in [3.8, 4) is 0 Å². The van der Waals surface area contributed by atoms with Gasteiger partial charge in [-0.25, -0.2) is 0 Å². The smallest absolute Gasteiger partial charge is 0.220 e. The Bertz CT molecular complexity index is 203. The molecule has 0 aromatic heterocycles. The van der Waals surface area contributed by atoms with Crippen molar-refractivity contribution in [2.75, 3.05) is 19.6 Å². The number of rotatable bonds is 8. The Hall–Kier alpha value is -0.900. The summed E-state index contributed by atoms with van der Waals surface area (Å²) in [7, 11) is 0. The number of hydrogen-bond acceptors (Lipinski definition) is 3. The maximum absolute atomic E-state index is 11.2. The van der Waals surface area contributed by atoms with Crippen LogP contribution in [-0.2, 0) is 9.59 Å². The molecule has 0 bridgehead atoms. The number of carbonyl (C=O) groups is 2. The SMILES string of the molecule is CC(=O)CCC(=O)NCCNCC(C)C. The van der Waals surface area contributed by atoms with Gasteiger partial charge in [-0.05, 0) is 19.4 Å². The highest BCUT2D eigenvalue weighted by Gasteiger charge is 2.02. The van der Waals surface area contributed by atoms with Gasteiger partial charge in [0.15, 0.2) is 0 Å². The Kier molecular flexibility index (Phi) is 7.91. The number of hydrogen-bond donors (Lipinski definition) is 2.